The molecule has 0 atom stereocenters. The second-order valence-electron chi connectivity index (χ2n) is 10.5. The Morgan fingerprint density at radius 3 is 2.19 bits per heavy atom. The third-order valence-corrected chi connectivity index (χ3v) is 6.82. The van der Waals surface area contributed by atoms with Crippen molar-refractivity contribution in [3.05, 3.63) is 106 Å². The van der Waals surface area contributed by atoms with Crippen LogP contribution < -0.4 is 14.9 Å². The molecule has 4 nitrogen and oxygen atoms in total. The Morgan fingerprint density at radius 1 is 0.757 bits per heavy atom. The van der Waals surface area contributed by atoms with Crippen molar-refractivity contribution in [1.29, 1.82) is 0 Å². The van der Waals surface area contributed by atoms with Crippen molar-refractivity contribution in [3.8, 4) is 22.8 Å². The molecule has 37 heavy (non-hydrogen) atoms. The first-order chi connectivity index (χ1) is 17.7. The fourth-order valence-electron chi connectivity index (χ4n) is 4.49. The Morgan fingerprint density at radius 2 is 1.43 bits per heavy atom. The van der Waals surface area contributed by atoms with Gasteiger partial charge in [0.05, 0.1) is 5.39 Å². The molecular weight excluding hydrogens is 460 g/mol. The van der Waals surface area contributed by atoms with Crippen LogP contribution in [0.1, 0.15) is 37.5 Å². The van der Waals surface area contributed by atoms with Crippen molar-refractivity contribution in [3.63, 3.8) is 0 Å². The molecule has 0 unspecified atom stereocenters. The Balaban J connectivity index is 1.48. The molecule has 0 aliphatic carbocycles. The van der Waals surface area contributed by atoms with Crippen LogP contribution in [0, 0.1) is 13.8 Å². The van der Waals surface area contributed by atoms with Crippen LogP contribution in [0.5, 0.6) is 11.5 Å². The molecule has 0 bridgehead atoms. The lowest BCUT2D eigenvalue weighted by atomic mass is 9.86. The van der Waals surface area contributed by atoms with Crippen LogP contribution >= 0.6 is 0 Å². The van der Waals surface area contributed by atoms with E-state index in [9.17, 15) is 4.79 Å². The molecule has 5 aromatic rings. The highest BCUT2D eigenvalue weighted by atomic mass is 16.5. The van der Waals surface area contributed by atoms with Gasteiger partial charge in [0.2, 0.25) is 11.2 Å². The molecule has 0 aliphatic heterocycles. The largest absolute Gasteiger partial charge is 0.489 e. The summed E-state index contributed by atoms with van der Waals surface area (Å²) in [4.78, 5) is 13.6. The van der Waals surface area contributed by atoms with Crippen molar-refractivity contribution >= 4 is 21.7 Å². The first-order valence-electron chi connectivity index (χ1n) is 12.6. The predicted octanol–water partition coefficient (Wildman–Crippen LogP) is 7.99. The highest BCUT2D eigenvalue weighted by molar-refractivity contribution is 5.88. The first kappa shape index (κ1) is 24.6. The number of hydrogen-bond acceptors (Lipinski definition) is 4. The zero-order chi connectivity index (χ0) is 26.2. The molecule has 0 fully saturated rings. The van der Waals surface area contributed by atoms with Crippen molar-refractivity contribution < 1.29 is 13.9 Å². The SMILES string of the molecule is Cc1cc2oc(-c3ccc(C(C)(C)C)cc3)c(OCCOc3cccc4ccccc34)c(=O)c2cc1C. The summed E-state index contributed by atoms with van der Waals surface area (Å²) in [6.45, 7) is 11.0. The van der Waals surface area contributed by atoms with Crippen LogP contribution in [0.25, 0.3) is 33.1 Å². The Kier molecular flexibility index (Phi) is 6.51. The molecule has 0 radical (unpaired) electrons. The molecule has 1 aromatic heterocycles. The smallest absolute Gasteiger partial charge is 0.235 e. The van der Waals surface area contributed by atoms with E-state index in [-0.39, 0.29) is 23.2 Å². The zero-order valence-electron chi connectivity index (χ0n) is 22.1. The minimum Gasteiger partial charge on any atom is -0.489 e. The standard InChI is InChI=1S/C33H32O4/c1-21-19-27-29(20-22(21)2)37-31(24-13-15-25(16-14-24)33(3,4)5)32(30(27)34)36-18-17-35-28-12-8-10-23-9-6-7-11-26(23)28/h6-16,19-20H,17-18H2,1-5H3. The second kappa shape index (κ2) is 9.78. The maximum Gasteiger partial charge on any atom is 0.235 e. The summed E-state index contributed by atoms with van der Waals surface area (Å²) >= 11 is 0. The molecule has 5 rings (SSSR count). The molecule has 0 saturated carbocycles. The summed E-state index contributed by atoms with van der Waals surface area (Å²) in [5, 5.41) is 2.67. The normalized spacial score (nSPS) is 11.7. The molecule has 4 heteroatoms. The predicted molar refractivity (Wildman–Crippen MR) is 151 cm³/mol. The molecule has 0 amide bonds. The lowest BCUT2D eigenvalue weighted by Gasteiger charge is -2.19. The van der Waals surface area contributed by atoms with Crippen LogP contribution in [0.4, 0.5) is 0 Å². The number of ether oxygens (including phenoxy) is 2. The van der Waals surface area contributed by atoms with Gasteiger partial charge in [-0.2, -0.15) is 0 Å². The molecular formula is C33H32O4. The zero-order valence-corrected chi connectivity index (χ0v) is 22.1. The quantitative estimate of drug-likeness (QED) is 0.225. The van der Waals surface area contributed by atoms with Gasteiger partial charge in [-0.05, 0) is 59.5 Å². The van der Waals surface area contributed by atoms with E-state index in [1.165, 1.54) is 5.56 Å². The van der Waals surface area contributed by atoms with Crippen LogP contribution in [0.3, 0.4) is 0 Å². The molecule has 0 saturated heterocycles. The van der Waals surface area contributed by atoms with Gasteiger partial charge in [-0.1, -0.05) is 81.4 Å². The summed E-state index contributed by atoms with van der Waals surface area (Å²) < 4.78 is 18.5. The van der Waals surface area contributed by atoms with E-state index in [0.717, 1.165) is 33.2 Å². The average Bonchev–Trinajstić information content (AvgIpc) is 2.88. The third kappa shape index (κ3) is 4.97. The number of benzene rings is 4. The molecule has 0 spiro atoms. The molecule has 4 aromatic carbocycles. The average molecular weight is 493 g/mol. The minimum absolute atomic E-state index is 0.0235. The monoisotopic (exact) mass is 492 g/mol. The highest BCUT2D eigenvalue weighted by Crippen LogP contribution is 2.33. The Hall–Kier alpha value is -4.05. The van der Waals surface area contributed by atoms with Crippen molar-refractivity contribution in [2.75, 3.05) is 13.2 Å². The van der Waals surface area contributed by atoms with E-state index in [2.05, 4.69) is 45.0 Å². The topological polar surface area (TPSA) is 48.7 Å². The molecule has 1 heterocycles. The fourth-order valence-corrected chi connectivity index (χ4v) is 4.49. The van der Waals surface area contributed by atoms with Gasteiger partial charge in [-0.3, -0.25) is 4.79 Å². The fraction of sp³-hybridized carbons (Fsp3) is 0.242. The Bertz CT molecular complexity index is 1630. The summed E-state index contributed by atoms with van der Waals surface area (Å²) in [6, 6.07) is 26.0. The summed E-state index contributed by atoms with van der Waals surface area (Å²) in [5.74, 6) is 1.43. The van der Waals surface area contributed by atoms with Gasteiger partial charge in [0, 0.05) is 10.9 Å². The van der Waals surface area contributed by atoms with Gasteiger partial charge in [0.1, 0.15) is 24.5 Å². The summed E-state index contributed by atoms with van der Waals surface area (Å²) in [6.07, 6.45) is 0. The van der Waals surface area contributed by atoms with E-state index in [0.29, 0.717) is 23.3 Å². The molecule has 188 valence electrons. The van der Waals surface area contributed by atoms with E-state index < -0.39 is 0 Å². The van der Waals surface area contributed by atoms with E-state index in [4.69, 9.17) is 13.9 Å². The van der Waals surface area contributed by atoms with Crippen LogP contribution in [0.15, 0.2) is 88.1 Å². The highest BCUT2D eigenvalue weighted by Gasteiger charge is 2.20. The first-order valence-corrected chi connectivity index (χ1v) is 12.6. The van der Waals surface area contributed by atoms with E-state index in [1.807, 2.05) is 68.4 Å². The van der Waals surface area contributed by atoms with Gasteiger partial charge >= 0.3 is 0 Å². The van der Waals surface area contributed by atoms with Crippen LogP contribution in [-0.4, -0.2) is 13.2 Å². The third-order valence-electron chi connectivity index (χ3n) is 6.82. The van der Waals surface area contributed by atoms with Gasteiger partial charge in [-0.25, -0.2) is 0 Å². The lowest BCUT2D eigenvalue weighted by Crippen LogP contribution is -2.16. The Labute approximate surface area is 217 Å². The molecule has 0 aliphatic rings. The lowest BCUT2D eigenvalue weighted by molar-refractivity contribution is 0.216. The summed E-state index contributed by atoms with van der Waals surface area (Å²) in [7, 11) is 0. The number of hydrogen-bond donors (Lipinski definition) is 0. The van der Waals surface area contributed by atoms with Crippen molar-refractivity contribution in [2.24, 2.45) is 0 Å². The van der Waals surface area contributed by atoms with Crippen LogP contribution in [-0.2, 0) is 5.41 Å². The van der Waals surface area contributed by atoms with Gasteiger partial charge < -0.3 is 13.9 Å². The maximum absolute atomic E-state index is 13.6. The number of fused-ring (bicyclic) bond motifs is 2. The van der Waals surface area contributed by atoms with Gasteiger partial charge in [0.15, 0.2) is 5.76 Å². The van der Waals surface area contributed by atoms with E-state index in [1.54, 1.807) is 0 Å². The second-order valence-corrected chi connectivity index (χ2v) is 10.5. The van der Waals surface area contributed by atoms with Gasteiger partial charge in [-0.15, -0.1) is 0 Å². The molecule has 0 N–H and O–H groups in total. The van der Waals surface area contributed by atoms with Crippen LogP contribution in [0.2, 0.25) is 0 Å². The summed E-state index contributed by atoms with van der Waals surface area (Å²) in [5.41, 5.74) is 4.52. The van der Waals surface area contributed by atoms with E-state index >= 15 is 0 Å². The number of aryl methyl sites for hydroxylation is 2. The van der Waals surface area contributed by atoms with Crippen molar-refractivity contribution in [1.82, 2.24) is 0 Å². The number of rotatable bonds is 6. The maximum atomic E-state index is 13.6. The van der Waals surface area contributed by atoms with Crippen molar-refractivity contribution in [2.45, 2.75) is 40.0 Å². The van der Waals surface area contributed by atoms with Gasteiger partial charge in [0.25, 0.3) is 0 Å². The minimum atomic E-state index is -0.176.